The van der Waals surface area contributed by atoms with Gasteiger partial charge in [0.15, 0.2) is 10.6 Å². The zero-order valence-electron chi connectivity index (χ0n) is 17.3. The van der Waals surface area contributed by atoms with Crippen molar-refractivity contribution in [2.75, 3.05) is 7.11 Å². The van der Waals surface area contributed by atoms with Crippen LogP contribution in [0.25, 0.3) is 17.1 Å². The van der Waals surface area contributed by atoms with Crippen LogP contribution in [-0.4, -0.2) is 27.0 Å². The third kappa shape index (κ3) is 3.56. The van der Waals surface area contributed by atoms with Crippen LogP contribution in [0.4, 0.5) is 0 Å². The molecule has 0 unspecified atom stereocenters. The summed E-state index contributed by atoms with van der Waals surface area (Å²) in [7, 11) is 1.69. The molecule has 0 aliphatic carbocycles. The molecule has 5 nitrogen and oxygen atoms in total. The van der Waals surface area contributed by atoms with Crippen molar-refractivity contribution < 1.29 is 9.84 Å². The molecule has 0 atom stereocenters. The number of rotatable bonds is 4. The van der Waals surface area contributed by atoms with Crippen molar-refractivity contribution >= 4 is 12.2 Å². The van der Waals surface area contributed by atoms with Crippen LogP contribution in [0.3, 0.4) is 0 Å². The van der Waals surface area contributed by atoms with Crippen LogP contribution >= 0.6 is 12.2 Å². The second kappa shape index (κ2) is 7.43. The van der Waals surface area contributed by atoms with E-state index in [1.165, 1.54) is 0 Å². The van der Waals surface area contributed by atoms with E-state index < -0.39 is 0 Å². The first-order chi connectivity index (χ1) is 13.2. The van der Waals surface area contributed by atoms with Gasteiger partial charge in [-0.25, -0.2) is 0 Å². The second-order valence-corrected chi connectivity index (χ2v) is 8.36. The van der Waals surface area contributed by atoms with Crippen molar-refractivity contribution in [3.63, 3.8) is 0 Å². The SMILES string of the molecule is CCc1cc(-c2n[nH]c(=S)n2-c2ccc(OC)c(C(C)(C)C)c2)c(C)cc1O. The van der Waals surface area contributed by atoms with Crippen LogP contribution in [-0.2, 0) is 11.8 Å². The summed E-state index contributed by atoms with van der Waals surface area (Å²) in [4.78, 5) is 0. The average molecular weight is 398 g/mol. The summed E-state index contributed by atoms with van der Waals surface area (Å²) in [6.07, 6.45) is 0.737. The lowest BCUT2D eigenvalue weighted by atomic mass is 9.86. The molecule has 0 bridgehead atoms. The van der Waals surface area contributed by atoms with Crippen molar-refractivity contribution in [2.45, 2.75) is 46.5 Å². The van der Waals surface area contributed by atoms with Crippen molar-refractivity contribution in [1.29, 1.82) is 0 Å². The van der Waals surface area contributed by atoms with Gasteiger partial charge in [-0.05, 0) is 72.4 Å². The maximum Gasteiger partial charge on any atom is 0.200 e. The molecular formula is C22H27N3O2S. The maximum absolute atomic E-state index is 10.2. The van der Waals surface area contributed by atoms with Gasteiger partial charge in [0.05, 0.1) is 12.8 Å². The molecule has 0 spiro atoms. The van der Waals surface area contributed by atoms with Crippen molar-refractivity contribution in [3.8, 4) is 28.6 Å². The number of hydrogen-bond acceptors (Lipinski definition) is 4. The number of ether oxygens (including phenoxy) is 1. The molecule has 0 fully saturated rings. The predicted octanol–water partition coefficient (Wildman–Crippen LogP) is 5.48. The summed E-state index contributed by atoms with van der Waals surface area (Å²) in [5.74, 6) is 1.88. The maximum atomic E-state index is 10.2. The molecule has 1 aromatic heterocycles. The Kier molecular flexibility index (Phi) is 5.35. The Morgan fingerprint density at radius 1 is 1.21 bits per heavy atom. The Hall–Kier alpha value is -2.60. The molecule has 3 rings (SSSR count). The van der Waals surface area contributed by atoms with Gasteiger partial charge in [0.1, 0.15) is 11.5 Å². The Balaban J connectivity index is 2.25. The Labute approximate surface area is 171 Å². The van der Waals surface area contributed by atoms with Gasteiger partial charge < -0.3 is 9.84 Å². The van der Waals surface area contributed by atoms with E-state index in [9.17, 15) is 5.11 Å². The van der Waals surface area contributed by atoms with Gasteiger partial charge in [0.25, 0.3) is 0 Å². The fraction of sp³-hybridized carbons (Fsp3) is 0.364. The number of aromatic nitrogens is 3. The molecule has 0 aliphatic rings. The monoisotopic (exact) mass is 397 g/mol. The lowest BCUT2D eigenvalue weighted by molar-refractivity contribution is 0.397. The molecule has 0 aliphatic heterocycles. The third-order valence-electron chi connectivity index (χ3n) is 4.97. The summed E-state index contributed by atoms with van der Waals surface area (Å²) in [6.45, 7) is 10.4. The number of aromatic hydroxyl groups is 1. The number of nitrogens with one attached hydrogen (secondary N) is 1. The summed E-state index contributed by atoms with van der Waals surface area (Å²) in [5.41, 5.74) is 4.69. The van der Waals surface area contributed by atoms with Gasteiger partial charge in [-0.3, -0.25) is 9.67 Å². The quantitative estimate of drug-likeness (QED) is 0.572. The molecule has 148 valence electrons. The van der Waals surface area contributed by atoms with Gasteiger partial charge in [-0.1, -0.05) is 27.7 Å². The highest BCUT2D eigenvalue weighted by molar-refractivity contribution is 7.71. The largest absolute Gasteiger partial charge is 0.508 e. The van der Waals surface area contributed by atoms with E-state index in [1.807, 2.05) is 36.6 Å². The fourth-order valence-electron chi connectivity index (χ4n) is 3.40. The van der Waals surface area contributed by atoms with E-state index in [4.69, 9.17) is 17.0 Å². The van der Waals surface area contributed by atoms with Crippen LogP contribution in [0, 0.1) is 11.7 Å². The number of hydrogen-bond donors (Lipinski definition) is 2. The Morgan fingerprint density at radius 2 is 1.93 bits per heavy atom. The van der Waals surface area contributed by atoms with Gasteiger partial charge in [-0.2, -0.15) is 5.10 Å². The van der Waals surface area contributed by atoms with Crippen molar-refractivity contribution in [1.82, 2.24) is 14.8 Å². The van der Waals surface area contributed by atoms with Crippen LogP contribution in [0.15, 0.2) is 30.3 Å². The van der Waals surface area contributed by atoms with Gasteiger partial charge >= 0.3 is 0 Å². The van der Waals surface area contributed by atoms with Crippen LogP contribution in [0.1, 0.15) is 44.4 Å². The highest BCUT2D eigenvalue weighted by Crippen LogP contribution is 2.35. The zero-order valence-corrected chi connectivity index (χ0v) is 18.1. The van der Waals surface area contributed by atoms with Crippen LogP contribution in [0.5, 0.6) is 11.5 Å². The number of phenols is 1. The Bertz CT molecular complexity index is 1070. The fourth-order valence-corrected chi connectivity index (χ4v) is 3.64. The number of phenolic OH excluding ortho intramolecular Hbond substituents is 1. The van der Waals surface area contributed by atoms with E-state index in [-0.39, 0.29) is 5.41 Å². The average Bonchev–Trinajstić information content (AvgIpc) is 3.02. The highest BCUT2D eigenvalue weighted by Gasteiger charge is 2.21. The highest BCUT2D eigenvalue weighted by atomic mass is 32.1. The molecule has 2 aromatic carbocycles. The minimum Gasteiger partial charge on any atom is -0.508 e. The van der Waals surface area contributed by atoms with Crippen molar-refractivity contribution in [2.24, 2.45) is 0 Å². The van der Waals surface area contributed by atoms with E-state index in [0.717, 1.165) is 45.9 Å². The first-order valence-electron chi connectivity index (χ1n) is 9.36. The van der Waals surface area contributed by atoms with E-state index >= 15 is 0 Å². The minimum absolute atomic E-state index is 0.0860. The molecular weight excluding hydrogens is 370 g/mol. The van der Waals surface area contributed by atoms with E-state index in [0.29, 0.717) is 10.5 Å². The lowest BCUT2D eigenvalue weighted by Gasteiger charge is -2.23. The molecule has 2 N–H and O–H groups in total. The molecule has 1 heterocycles. The molecule has 6 heteroatoms. The summed E-state index contributed by atoms with van der Waals surface area (Å²) < 4.78 is 8.02. The van der Waals surface area contributed by atoms with E-state index in [1.54, 1.807) is 13.2 Å². The number of aromatic amines is 1. The topological polar surface area (TPSA) is 63.1 Å². The number of methoxy groups -OCH3 is 1. The second-order valence-electron chi connectivity index (χ2n) is 7.97. The third-order valence-corrected chi connectivity index (χ3v) is 5.24. The molecule has 0 radical (unpaired) electrons. The number of H-pyrrole nitrogens is 1. The smallest absolute Gasteiger partial charge is 0.200 e. The normalized spacial score (nSPS) is 11.6. The number of nitrogens with zero attached hydrogens (tertiary/aromatic N) is 2. The molecule has 0 saturated heterocycles. The van der Waals surface area contributed by atoms with Gasteiger partial charge in [-0.15, -0.1) is 0 Å². The van der Waals surface area contributed by atoms with Gasteiger partial charge in [0.2, 0.25) is 0 Å². The van der Waals surface area contributed by atoms with Gasteiger partial charge in [0, 0.05) is 11.1 Å². The van der Waals surface area contributed by atoms with Crippen molar-refractivity contribution in [3.05, 3.63) is 51.8 Å². The first-order valence-corrected chi connectivity index (χ1v) is 9.77. The summed E-state index contributed by atoms with van der Waals surface area (Å²) in [5, 5.41) is 17.6. The number of benzene rings is 2. The Morgan fingerprint density at radius 3 is 2.54 bits per heavy atom. The first kappa shape index (κ1) is 20.1. The minimum atomic E-state index is -0.0860. The van der Waals surface area contributed by atoms with E-state index in [2.05, 4.69) is 37.0 Å². The predicted molar refractivity (Wildman–Crippen MR) is 115 cm³/mol. The number of aryl methyl sites for hydroxylation is 2. The van der Waals surface area contributed by atoms with Crippen LogP contribution in [0.2, 0.25) is 0 Å². The molecule has 0 amide bonds. The molecule has 3 aromatic rings. The zero-order chi connectivity index (χ0) is 20.6. The molecule has 28 heavy (non-hydrogen) atoms. The molecule has 0 saturated carbocycles. The standard InChI is InChI=1S/C22H27N3O2S/c1-7-14-11-16(13(2)10-18(14)26)20-23-24-21(28)25(20)15-8-9-19(27-6)17(12-15)22(3,4)5/h8-12,26H,7H2,1-6H3,(H,24,28). The van der Waals surface area contributed by atoms with Crippen LogP contribution < -0.4 is 4.74 Å². The lowest BCUT2D eigenvalue weighted by Crippen LogP contribution is -2.14. The summed E-state index contributed by atoms with van der Waals surface area (Å²) >= 11 is 5.55. The summed E-state index contributed by atoms with van der Waals surface area (Å²) in [6, 6.07) is 9.82.